The van der Waals surface area contributed by atoms with Crippen molar-refractivity contribution in [3.63, 3.8) is 0 Å². The van der Waals surface area contributed by atoms with Gasteiger partial charge in [-0.3, -0.25) is 19.8 Å². The quantitative estimate of drug-likeness (QED) is 0.496. The average molecular weight is 488 g/mol. The van der Waals surface area contributed by atoms with E-state index < -0.39 is 17.9 Å². The monoisotopic (exact) mass is 487 g/mol. The maximum Gasteiger partial charge on any atom is 0.261 e. The second-order valence-corrected chi connectivity index (χ2v) is 9.53. The molecule has 1 unspecified atom stereocenters. The van der Waals surface area contributed by atoms with Gasteiger partial charge in [0.05, 0.1) is 18.0 Å². The molecule has 0 aliphatic carbocycles. The Morgan fingerprint density at radius 2 is 1.60 bits per heavy atom. The Balaban J connectivity index is 1.58. The number of carbonyl (C=O) groups is 3. The molecule has 1 aliphatic rings. The predicted octanol–water partition coefficient (Wildman–Crippen LogP) is 4.32. The molecule has 0 saturated carbocycles. The van der Waals surface area contributed by atoms with Crippen LogP contribution in [0, 0.1) is 0 Å². The zero-order valence-corrected chi connectivity index (χ0v) is 20.7. The lowest BCUT2D eigenvalue weighted by Crippen LogP contribution is -2.55. The Hall–Kier alpha value is -3.58. The van der Waals surface area contributed by atoms with E-state index >= 15 is 0 Å². The van der Waals surface area contributed by atoms with Gasteiger partial charge in [0.15, 0.2) is 0 Å². The van der Waals surface area contributed by atoms with Crippen molar-refractivity contribution in [2.75, 3.05) is 17.0 Å². The SMILES string of the molecule is CSCC[C@H](NC(=O)Cc1ccccc1)C(=O)NN1C(=O)C(C)c2ccccc2-c2ccccc21. The predicted molar refractivity (Wildman–Crippen MR) is 141 cm³/mol. The number of nitrogens with one attached hydrogen (secondary N) is 2. The second-order valence-electron chi connectivity index (χ2n) is 8.54. The molecule has 7 heteroatoms. The molecule has 0 radical (unpaired) electrons. The molecule has 180 valence electrons. The first-order valence-corrected chi connectivity index (χ1v) is 13.0. The topological polar surface area (TPSA) is 78.5 Å². The van der Waals surface area contributed by atoms with Crippen LogP contribution in [0.25, 0.3) is 11.1 Å². The summed E-state index contributed by atoms with van der Waals surface area (Å²) >= 11 is 1.60. The van der Waals surface area contributed by atoms with Crippen molar-refractivity contribution in [1.29, 1.82) is 0 Å². The van der Waals surface area contributed by atoms with Crippen LogP contribution in [-0.4, -0.2) is 35.8 Å². The number of benzene rings is 3. The highest BCUT2D eigenvalue weighted by molar-refractivity contribution is 7.98. The van der Waals surface area contributed by atoms with Crippen molar-refractivity contribution in [3.8, 4) is 11.1 Å². The molecule has 35 heavy (non-hydrogen) atoms. The highest BCUT2D eigenvalue weighted by Gasteiger charge is 2.33. The normalized spacial score (nSPS) is 15.4. The minimum absolute atomic E-state index is 0.182. The lowest BCUT2D eigenvalue weighted by Gasteiger charge is -2.28. The summed E-state index contributed by atoms with van der Waals surface area (Å²) in [7, 11) is 0. The van der Waals surface area contributed by atoms with Gasteiger partial charge in [-0.25, -0.2) is 5.01 Å². The first kappa shape index (κ1) is 24.5. The Bertz CT molecular complexity index is 1210. The summed E-state index contributed by atoms with van der Waals surface area (Å²) in [4.78, 5) is 39.7. The third-order valence-corrected chi connectivity index (χ3v) is 6.79. The first-order valence-electron chi connectivity index (χ1n) is 11.6. The highest BCUT2D eigenvalue weighted by Crippen LogP contribution is 2.39. The third kappa shape index (κ3) is 5.57. The molecule has 1 aliphatic heterocycles. The molecule has 6 nitrogen and oxygen atoms in total. The molecule has 3 amide bonds. The van der Waals surface area contributed by atoms with Crippen LogP contribution in [0.2, 0.25) is 0 Å². The van der Waals surface area contributed by atoms with E-state index in [-0.39, 0.29) is 18.2 Å². The molecule has 0 aromatic heterocycles. The van der Waals surface area contributed by atoms with Gasteiger partial charge in [0, 0.05) is 5.56 Å². The lowest BCUT2D eigenvalue weighted by molar-refractivity contribution is -0.130. The summed E-state index contributed by atoms with van der Waals surface area (Å²) < 4.78 is 0. The summed E-state index contributed by atoms with van der Waals surface area (Å²) in [6.07, 6.45) is 2.59. The minimum atomic E-state index is -0.764. The minimum Gasteiger partial charge on any atom is -0.344 e. The zero-order chi connectivity index (χ0) is 24.8. The molecule has 1 heterocycles. The summed E-state index contributed by atoms with van der Waals surface area (Å²) in [6.45, 7) is 1.85. The standard InChI is InChI=1S/C28H29N3O3S/c1-19-21-12-6-7-13-22(21)23-14-8-9-15-25(23)31(28(19)34)30-27(33)24(16-17-35-2)29-26(32)18-20-10-4-3-5-11-20/h3-15,19,24H,16-18H2,1-2H3,(H,29,32)(H,30,33)/t19?,24-/m0/s1. The molecule has 2 atom stereocenters. The maximum absolute atomic E-state index is 13.5. The highest BCUT2D eigenvalue weighted by atomic mass is 32.2. The number of nitrogens with zero attached hydrogens (tertiary/aromatic N) is 1. The van der Waals surface area contributed by atoms with Crippen LogP contribution in [-0.2, 0) is 20.8 Å². The average Bonchev–Trinajstić information content (AvgIpc) is 2.97. The van der Waals surface area contributed by atoms with Crippen LogP contribution < -0.4 is 15.8 Å². The van der Waals surface area contributed by atoms with E-state index in [1.54, 1.807) is 11.8 Å². The van der Waals surface area contributed by atoms with Gasteiger partial charge >= 0.3 is 0 Å². The van der Waals surface area contributed by atoms with E-state index in [1.165, 1.54) is 5.01 Å². The number of thioether (sulfide) groups is 1. The van der Waals surface area contributed by atoms with Crippen molar-refractivity contribution in [3.05, 3.63) is 90.0 Å². The Morgan fingerprint density at radius 3 is 2.34 bits per heavy atom. The number of hydrazine groups is 1. The van der Waals surface area contributed by atoms with Gasteiger partial charge in [0.2, 0.25) is 5.91 Å². The van der Waals surface area contributed by atoms with Gasteiger partial charge in [0.1, 0.15) is 6.04 Å². The van der Waals surface area contributed by atoms with E-state index in [1.807, 2.05) is 92.0 Å². The number of rotatable bonds is 8. The summed E-state index contributed by atoms with van der Waals surface area (Å²) in [6, 6.07) is 24.0. The van der Waals surface area contributed by atoms with E-state index in [2.05, 4.69) is 10.7 Å². The Morgan fingerprint density at radius 1 is 0.943 bits per heavy atom. The fraction of sp³-hybridized carbons (Fsp3) is 0.250. The van der Waals surface area contributed by atoms with Crippen molar-refractivity contribution < 1.29 is 14.4 Å². The number of hydrogen-bond acceptors (Lipinski definition) is 4. The van der Waals surface area contributed by atoms with Gasteiger partial charge in [-0.15, -0.1) is 0 Å². The van der Waals surface area contributed by atoms with Crippen molar-refractivity contribution in [2.45, 2.75) is 31.7 Å². The first-order chi connectivity index (χ1) is 17.0. The van der Waals surface area contributed by atoms with E-state index in [0.29, 0.717) is 17.9 Å². The van der Waals surface area contributed by atoms with Crippen molar-refractivity contribution in [2.24, 2.45) is 0 Å². The fourth-order valence-corrected chi connectivity index (χ4v) is 4.77. The molecule has 0 fully saturated rings. The van der Waals surface area contributed by atoms with Crippen LogP contribution in [0.3, 0.4) is 0 Å². The maximum atomic E-state index is 13.5. The van der Waals surface area contributed by atoms with Crippen LogP contribution >= 0.6 is 11.8 Å². The van der Waals surface area contributed by atoms with E-state index in [0.717, 1.165) is 22.3 Å². The molecule has 3 aromatic rings. The van der Waals surface area contributed by atoms with Crippen LogP contribution in [0.15, 0.2) is 78.9 Å². The molecular formula is C28H29N3O3S. The number of anilines is 1. The lowest BCUT2D eigenvalue weighted by atomic mass is 9.92. The number of carbonyl (C=O) groups excluding carboxylic acids is 3. The van der Waals surface area contributed by atoms with E-state index in [9.17, 15) is 14.4 Å². The second kappa shape index (κ2) is 11.2. The fourth-order valence-electron chi connectivity index (χ4n) is 4.30. The van der Waals surface area contributed by atoms with Gasteiger partial charge in [-0.1, -0.05) is 72.8 Å². The Kier molecular flexibility index (Phi) is 7.87. The molecule has 4 rings (SSSR count). The third-order valence-electron chi connectivity index (χ3n) is 6.15. The van der Waals surface area contributed by atoms with Crippen LogP contribution in [0.4, 0.5) is 5.69 Å². The number of hydrogen-bond donors (Lipinski definition) is 2. The summed E-state index contributed by atoms with van der Waals surface area (Å²) in [5, 5.41) is 4.22. The molecule has 0 saturated heterocycles. The van der Waals surface area contributed by atoms with Gasteiger partial charge in [-0.2, -0.15) is 11.8 Å². The summed E-state index contributed by atoms with van der Waals surface area (Å²) in [5.41, 5.74) is 7.07. The number of para-hydroxylation sites is 1. The van der Waals surface area contributed by atoms with Gasteiger partial charge in [0.25, 0.3) is 11.8 Å². The molecule has 0 spiro atoms. The molecular weight excluding hydrogens is 458 g/mol. The van der Waals surface area contributed by atoms with Gasteiger partial charge < -0.3 is 5.32 Å². The molecule has 2 N–H and O–H groups in total. The van der Waals surface area contributed by atoms with Crippen molar-refractivity contribution in [1.82, 2.24) is 10.7 Å². The molecule has 0 bridgehead atoms. The largest absolute Gasteiger partial charge is 0.344 e. The van der Waals surface area contributed by atoms with Crippen molar-refractivity contribution >= 4 is 35.2 Å². The zero-order valence-electron chi connectivity index (χ0n) is 19.9. The van der Waals surface area contributed by atoms with Gasteiger partial charge in [-0.05, 0) is 48.1 Å². The number of fused-ring (bicyclic) bond motifs is 3. The molecule has 3 aromatic carbocycles. The smallest absolute Gasteiger partial charge is 0.261 e. The number of amides is 3. The summed E-state index contributed by atoms with van der Waals surface area (Å²) in [5.74, 6) is -0.635. The van der Waals surface area contributed by atoms with Crippen LogP contribution in [0.5, 0.6) is 0 Å². The van der Waals surface area contributed by atoms with E-state index in [4.69, 9.17) is 0 Å². The van der Waals surface area contributed by atoms with Crippen LogP contribution in [0.1, 0.15) is 30.4 Å². The Labute approximate surface area is 210 Å².